The first-order valence-corrected chi connectivity index (χ1v) is 6.48. The van der Waals surface area contributed by atoms with Crippen LogP contribution in [0.15, 0.2) is 29.6 Å². The van der Waals surface area contributed by atoms with E-state index in [1.165, 1.54) is 5.69 Å². The highest BCUT2D eigenvalue weighted by Gasteiger charge is 2.05. The maximum atomic E-state index is 5.65. The van der Waals surface area contributed by atoms with E-state index < -0.39 is 0 Å². The summed E-state index contributed by atoms with van der Waals surface area (Å²) in [4.78, 5) is 6.66. The molecule has 0 amide bonds. The lowest BCUT2D eigenvalue weighted by Crippen LogP contribution is -2.16. The Labute approximate surface area is 106 Å². The van der Waals surface area contributed by atoms with E-state index in [1.807, 2.05) is 19.1 Å². The summed E-state index contributed by atoms with van der Waals surface area (Å²) in [6.07, 6.45) is 0. The molecular formula is C13H17N3S. The summed E-state index contributed by atoms with van der Waals surface area (Å²) < 4.78 is 0. The number of nitrogens with two attached hydrogens (primary N) is 1. The van der Waals surface area contributed by atoms with Crippen LogP contribution >= 0.6 is 11.3 Å². The van der Waals surface area contributed by atoms with Crippen molar-refractivity contribution in [3.8, 4) is 0 Å². The zero-order valence-corrected chi connectivity index (χ0v) is 11.0. The van der Waals surface area contributed by atoms with Crippen molar-refractivity contribution in [2.24, 2.45) is 5.73 Å². The smallest absolute Gasteiger partial charge is 0.0898 e. The van der Waals surface area contributed by atoms with Crippen molar-refractivity contribution in [2.45, 2.75) is 20.0 Å². The third-order valence-electron chi connectivity index (χ3n) is 2.65. The van der Waals surface area contributed by atoms with Crippen LogP contribution in [0.3, 0.4) is 0 Å². The number of aryl methyl sites for hydroxylation is 1. The highest BCUT2D eigenvalue weighted by molar-refractivity contribution is 7.09. The van der Waals surface area contributed by atoms with Gasteiger partial charge in [0, 0.05) is 24.7 Å². The molecule has 1 heterocycles. The van der Waals surface area contributed by atoms with Gasteiger partial charge < -0.3 is 10.6 Å². The minimum Gasteiger partial charge on any atom is -0.369 e. The molecule has 0 saturated carbocycles. The third kappa shape index (κ3) is 3.05. The maximum absolute atomic E-state index is 5.65. The van der Waals surface area contributed by atoms with Gasteiger partial charge in [-0.25, -0.2) is 4.98 Å². The molecule has 3 nitrogen and oxygen atoms in total. The van der Waals surface area contributed by atoms with Crippen LogP contribution in [0, 0.1) is 6.92 Å². The quantitative estimate of drug-likeness (QED) is 0.903. The monoisotopic (exact) mass is 247 g/mol. The predicted octanol–water partition coefficient (Wildman–Crippen LogP) is 2.55. The first-order valence-electron chi connectivity index (χ1n) is 5.60. The fourth-order valence-electron chi connectivity index (χ4n) is 1.74. The summed E-state index contributed by atoms with van der Waals surface area (Å²) in [7, 11) is 2.07. The van der Waals surface area contributed by atoms with E-state index in [9.17, 15) is 0 Å². The second kappa shape index (κ2) is 5.29. The van der Waals surface area contributed by atoms with Crippen LogP contribution in [0.2, 0.25) is 0 Å². The molecule has 0 radical (unpaired) electrons. The number of anilines is 1. The van der Waals surface area contributed by atoms with Crippen LogP contribution in [0.25, 0.3) is 0 Å². The molecule has 0 fully saturated rings. The van der Waals surface area contributed by atoms with Gasteiger partial charge in [0.1, 0.15) is 0 Å². The van der Waals surface area contributed by atoms with Gasteiger partial charge in [-0.1, -0.05) is 12.1 Å². The predicted molar refractivity (Wildman–Crippen MR) is 73.3 cm³/mol. The van der Waals surface area contributed by atoms with Gasteiger partial charge in [0.25, 0.3) is 0 Å². The molecule has 0 spiro atoms. The molecule has 2 aromatic rings. The Kier molecular flexibility index (Phi) is 3.76. The first-order chi connectivity index (χ1) is 8.19. The lowest BCUT2D eigenvalue weighted by atomic mass is 10.2. The number of hydrogen-bond donors (Lipinski definition) is 1. The van der Waals surface area contributed by atoms with Gasteiger partial charge in [0.2, 0.25) is 0 Å². The average Bonchev–Trinajstić information content (AvgIpc) is 2.75. The number of rotatable bonds is 4. The molecule has 0 aliphatic carbocycles. The minimum atomic E-state index is 0.581. The van der Waals surface area contributed by atoms with Crippen molar-refractivity contribution in [3.63, 3.8) is 0 Å². The molecule has 0 bridgehead atoms. The number of nitrogens with zero attached hydrogens (tertiary/aromatic N) is 2. The first kappa shape index (κ1) is 12.1. The molecule has 0 unspecified atom stereocenters. The van der Waals surface area contributed by atoms with Gasteiger partial charge in [-0.15, -0.1) is 11.3 Å². The highest BCUT2D eigenvalue weighted by atomic mass is 32.1. The molecule has 0 saturated heterocycles. The molecular weight excluding hydrogens is 230 g/mol. The van der Waals surface area contributed by atoms with Gasteiger partial charge in [-0.3, -0.25) is 0 Å². The average molecular weight is 247 g/mol. The topological polar surface area (TPSA) is 42.2 Å². The van der Waals surface area contributed by atoms with E-state index in [2.05, 4.69) is 34.4 Å². The zero-order valence-electron chi connectivity index (χ0n) is 10.2. The maximum Gasteiger partial charge on any atom is 0.0898 e. The van der Waals surface area contributed by atoms with Crippen LogP contribution in [-0.4, -0.2) is 12.0 Å². The summed E-state index contributed by atoms with van der Waals surface area (Å²) in [5, 5.41) is 3.22. The van der Waals surface area contributed by atoms with Crippen molar-refractivity contribution in [3.05, 3.63) is 45.9 Å². The van der Waals surface area contributed by atoms with E-state index in [0.29, 0.717) is 6.54 Å². The van der Waals surface area contributed by atoms with E-state index in [1.54, 1.807) is 11.3 Å². The van der Waals surface area contributed by atoms with Gasteiger partial charge >= 0.3 is 0 Å². The summed E-state index contributed by atoms with van der Waals surface area (Å²) in [6.45, 7) is 3.44. The number of thiazole rings is 1. The van der Waals surface area contributed by atoms with Gasteiger partial charge in [-0.2, -0.15) is 0 Å². The number of benzene rings is 1. The molecule has 4 heteroatoms. The standard InChI is InChI=1S/C13H17N3S/c1-10-15-12(9-17-10)8-16(2)13-5-3-4-11(6-13)7-14/h3-6,9H,7-8,14H2,1-2H3. The van der Waals surface area contributed by atoms with E-state index in [4.69, 9.17) is 5.73 Å². The Balaban J connectivity index is 2.11. The molecule has 2 N–H and O–H groups in total. The largest absolute Gasteiger partial charge is 0.369 e. The molecule has 17 heavy (non-hydrogen) atoms. The van der Waals surface area contributed by atoms with Crippen LogP contribution in [-0.2, 0) is 13.1 Å². The van der Waals surface area contributed by atoms with E-state index >= 15 is 0 Å². The fourth-order valence-corrected chi connectivity index (χ4v) is 2.34. The van der Waals surface area contributed by atoms with Crippen LogP contribution in [0.4, 0.5) is 5.69 Å². The fraction of sp³-hybridized carbons (Fsp3) is 0.308. The number of hydrogen-bond acceptors (Lipinski definition) is 4. The minimum absolute atomic E-state index is 0.581. The van der Waals surface area contributed by atoms with Crippen molar-refractivity contribution < 1.29 is 0 Å². The second-order valence-electron chi connectivity index (χ2n) is 4.09. The Morgan fingerprint density at radius 3 is 2.88 bits per heavy atom. The normalized spacial score (nSPS) is 10.5. The molecule has 0 atom stereocenters. The summed E-state index contributed by atoms with van der Waals surface area (Å²) in [5.41, 5.74) is 9.10. The van der Waals surface area contributed by atoms with Gasteiger partial charge in [0.05, 0.1) is 17.2 Å². The van der Waals surface area contributed by atoms with Crippen molar-refractivity contribution in [1.82, 2.24) is 4.98 Å². The molecule has 0 aliphatic heterocycles. The molecule has 2 rings (SSSR count). The van der Waals surface area contributed by atoms with Crippen molar-refractivity contribution >= 4 is 17.0 Å². The molecule has 1 aromatic carbocycles. The summed E-state index contributed by atoms with van der Waals surface area (Å²) in [6, 6.07) is 8.31. The van der Waals surface area contributed by atoms with Crippen molar-refractivity contribution in [2.75, 3.05) is 11.9 Å². The third-order valence-corrected chi connectivity index (χ3v) is 3.48. The van der Waals surface area contributed by atoms with Crippen LogP contribution in [0.1, 0.15) is 16.3 Å². The summed E-state index contributed by atoms with van der Waals surface area (Å²) >= 11 is 1.69. The lowest BCUT2D eigenvalue weighted by Gasteiger charge is -2.18. The second-order valence-corrected chi connectivity index (χ2v) is 5.15. The molecule has 0 aliphatic rings. The van der Waals surface area contributed by atoms with Gasteiger partial charge in [0.15, 0.2) is 0 Å². The zero-order chi connectivity index (χ0) is 12.3. The lowest BCUT2D eigenvalue weighted by molar-refractivity contribution is 0.887. The van der Waals surface area contributed by atoms with Crippen LogP contribution in [0.5, 0.6) is 0 Å². The van der Waals surface area contributed by atoms with Crippen molar-refractivity contribution in [1.29, 1.82) is 0 Å². The Bertz CT molecular complexity index is 493. The van der Waals surface area contributed by atoms with Gasteiger partial charge in [-0.05, 0) is 24.6 Å². The van der Waals surface area contributed by atoms with E-state index in [0.717, 1.165) is 22.8 Å². The Morgan fingerprint density at radius 1 is 1.41 bits per heavy atom. The Morgan fingerprint density at radius 2 is 2.24 bits per heavy atom. The SMILES string of the molecule is Cc1nc(CN(C)c2cccc(CN)c2)cs1. The molecule has 90 valence electrons. The van der Waals surface area contributed by atoms with E-state index in [-0.39, 0.29) is 0 Å². The summed E-state index contributed by atoms with van der Waals surface area (Å²) in [5.74, 6) is 0. The number of aromatic nitrogens is 1. The highest BCUT2D eigenvalue weighted by Crippen LogP contribution is 2.18. The Hall–Kier alpha value is -1.39. The molecule has 1 aromatic heterocycles. The van der Waals surface area contributed by atoms with Crippen LogP contribution < -0.4 is 10.6 Å².